The Morgan fingerprint density at radius 3 is 2.09 bits per heavy atom. The van der Waals surface area contributed by atoms with Crippen molar-refractivity contribution in [2.24, 2.45) is 0 Å². The second-order valence-corrected chi connectivity index (χ2v) is 9.47. The van der Waals surface area contributed by atoms with Crippen LogP contribution in [0.15, 0.2) is 71.6 Å². The van der Waals surface area contributed by atoms with Crippen LogP contribution in [0.25, 0.3) is 0 Å². The summed E-state index contributed by atoms with van der Waals surface area (Å²) in [6, 6.07) is 18.3. The van der Waals surface area contributed by atoms with Crippen molar-refractivity contribution in [3.63, 3.8) is 0 Å². The molecule has 33 heavy (non-hydrogen) atoms. The van der Waals surface area contributed by atoms with Crippen LogP contribution >= 0.6 is 0 Å². The van der Waals surface area contributed by atoms with Crippen LogP contribution in [-0.2, 0) is 19.6 Å². The summed E-state index contributed by atoms with van der Waals surface area (Å²) in [6.45, 7) is 5.70. The molecule has 172 valence electrons. The topological polar surface area (TPSA) is 102 Å². The average molecular weight is 467 g/mol. The highest BCUT2D eigenvalue weighted by molar-refractivity contribution is 7.92. The van der Waals surface area contributed by atoms with Gasteiger partial charge in [-0.25, -0.2) is 8.42 Å². The summed E-state index contributed by atoms with van der Waals surface area (Å²) in [5.41, 5.74) is 3.85. The zero-order valence-corrected chi connectivity index (χ0v) is 19.5. The quantitative estimate of drug-likeness (QED) is 0.369. The molecule has 2 N–H and O–H groups in total. The van der Waals surface area contributed by atoms with Gasteiger partial charge in [-0.3, -0.25) is 14.3 Å². The van der Waals surface area contributed by atoms with Crippen molar-refractivity contribution in [2.75, 3.05) is 10.0 Å². The molecule has 0 heterocycles. The fraction of sp³-hybridized carbons (Fsp3) is 0.200. The van der Waals surface area contributed by atoms with Crippen LogP contribution in [0.1, 0.15) is 29.5 Å². The summed E-state index contributed by atoms with van der Waals surface area (Å²) in [5.74, 6) is -0.454. The van der Waals surface area contributed by atoms with Gasteiger partial charge in [0.25, 0.3) is 10.0 Å². The fourth-order valence-corrected chi connectivity index (χ4v) is 4.21. The lowest BCUT2D eigenvalue weighted by Crippen LogP contribution is -2.16. The van der Waals surface area contributed by atoms with E-state index in [-0.39, 0.29) is 23.6 Å². The zero-order valence-electron chi connectivity index (χ0n) is 18.7. The number of esters is 1. The Bertz CT molecular complexity index is 1250. The van der Waals surface area contributed by atoms with Gasteiger partial charge in [0.2, 0.25) is 5.91 Å². The molecule has 7 nitrogen and oxygen atoms in total. The van der Waals surface area contributed by atoms with Gasteiger partial charge in [0.15, 0.2) is 0 Å². The third kappa shape index (κ3) is 6.92. The maximum atomic E-state index is 12.7. The smallest absolute Gasteiger partial charge is 0.311 e. The van der Waals surface area contributed by atoms with Crippen LogP contribution in [0.5, 0.6) is 5.75 Å². The van der Waals surface area contributed by atoms with Gasteiger partial charge in [-0.15, -0.1) is 0 Å². The van der Waals surface area contributed by atoms with Crippen LogP contribution in [0.4, 0.5) is 11.4 Å². The molecule has 0 fully saturated rings. The van der Waals surface area contributed by atoms with Gasteiger partial charge in [0, 0.05) is 12.1 Å². The number of hydrogen-bond acceptors (Lipinski definition) is 5. The van der Waals surface area contributed by atoms with Crippen molar-refractivity contribution in [1.82, 2.24) is 0 Å². The second-order valence-electron chi connectivity index (χ2n) is 7.78. The molecule has 0 spiro atoms. The number of carbonyl (C=O) groups excluding carboxylic acids is 2. The molecule has 0 bridgehead atoms. The molecule has 0 unspecified atom stereocenters. The summed E-state index contributed by atoms with van der Waals surface area (Å²) in [7, 11) is -3.77. The molecule has 0 atom stereocenters. The summed E-state index contributed by atoms with van der Waals surface area (Å²) in [4.78, 5) is 24.1. The lowest BCUT2D eigenvalue weighted by Gasteiger charge is -2.12. The molecule has 8 heteroatoms. The van der Waals surface area contributed by atoms with E-state index in [0.717, 1.165) is 16.7 Å². The van der Waals surface area contributed by atoms with E-state index >= 15 is 0 Å². The Kier molecular flexibility index (Phi) is 7.50. The summed E-state index contributed by atoms with van der Waals surface area (Å²) >= 11 is 0. The molecule has 0 saturated carbocycles. The predicted molar refractivity (Wildman–Crippen MR) is 128 cm³/mol. The minimum absolute atomic E-state index is 0.0565. The SMILES string of the molecule is Cc1ccc(OC(=O)CCC(=O)Nc2ccc(S(=O)(=O)Nc3ccc(C)cc3C)cc2)cc1. The van der Waals surface area contributed by atoms with Crippen molar-refractivity contribution in [1.29, 1.82) is 0 Å². The van der Waals surface area contributed by atoms with Gasteiger partial charge in [0.1, 0.15) is 5.75 Å². The van der Waals surface area contributed by atoms with Gasteiger partial charge < -0.3 is 10.1 Å². The number of anilines is 2. The van der Waals surface area contributed by atoms with E-state index in [0.29, 0.717) is 17.1 Å². The van der Waals surface area contributed by atoms with Gasteiger partial charge in [0.05, 0.1) is 17.0 Å². The molecule has 3 aromatic carbocycles. The Morgan fingerprint density at radius 2 is 1.45 bits per heavy atom. The first-order chi connectivity index (χ1) is 15.6. The van der Waals surface area contributed by atoms with E-state index in [9.17, 15) is 18.0 Å². The molecular formula is C25H26N2O5S. The molecule has 3 rings (SSSR count). The first kappa shape index (κ1) is 24.0. The number of hydrogen-bond donors (Lipinski definition) is 2. The lowest BCUT2D eigenvalue weighted by atomic mass is 10.1. The first-order valence-electron chi connectivity index (χ1n) is 10.4. The standard InChI is InChI=1S/C25H26N2O5S/c1-17-4-9-21(10-5-17)32-25(29)15-14-24(28)26-20-7-11-22(12-8-20)33(30,31)27-23-13-6-18(2)16-19(23)3/h4-13,16,27H,14-15H2,1-3H3,(H,26,28). The highest BCUT2D eigenvalue weighted by Crippen LogP contribution is 2.22. The molecule has 0 aliphatic rings. The number of rotatable bonds is 8. The Morgan fingerprint density at radius 1 is 0.818 bits per heavy atom. The molecule has 0 aromatic heterocycles. The number of amides is 1. The molecule has 1 amide bonds. The Labute approximate surface area is 193 Å². The zero-order chi connectivity index (χ0) is 24.0. The van der Waals surface area contributed by atoms with Crippen molar-refractivity contribution in [2.45, 2.75) is 38.5 Å². The van der Waals surface area contributed by atoms with Gasteiger partial charge >= 0.3 is 5.97 Å². The van der Waals surface area contributed by atoms with Crippen LogP contribution in [0, 0.1) is 20.8 Å². The maximum absolute atomic E-state index is 12.7. The first-order valence-corrected chi connectivity index (χ1v) is 11.9. The number of nitrogens with one attached hydrogen (secondary N) is 2. The number of aryl methyl sites for hydroxylation is 3. The van der Waals surface area contributed by atoms with Crippen molar-refractivity contribution >= 4 is 33.3 Å². The molecule has 0 aliphatic carbocycles. The second kappa shape index (κ2) is 10.3. The van der Waals surface area contributed by atoms with E-state index in [1.807, 2.05) is 45.0 Å². The third-order valence-corrected chi connectivity index (χ3v) is 6.26. The largest absolute Gasteiger partial charge is 0.427 e. The molecule has 0 saturated heterocycles. The minimum Gasteiger partial charge on any atom is -0.427 e. The van der Waals surface area contributed by atoms with E-state index in [1.54, 1.807) is 18.2 Å². The molecule has 0 aliphatic heterocycles. The fourth-order valence-electron chi connectivity index (χ4n) is 3.08. The minimum atomic E-state index is -3.77. The maximum Gasteiger partial charge on any atom is 0.311 e. The number of benzene rings is 3. The Balaban J connectivity index is 1.53. The summed E-state index contributed by atoms with van der Waals surface area (Å²) in [6.07, 6.45) is -0.134. The van der Waals surface area contributed by atoms with Crippen molar-refractivity contribution in [3.8, 4) is 5.75 Å². The Hall–Kier alpha value is -3.65. The number of ether oxygens (including phenoxy) is 1. The highest BCUT2D eigenvalue weighted by atomic mass is 32.2. The third-order valence-electron chi connectivity index (χ3n) is 4.88. The van der Waals surface area contributed by atoms with Crippen LogP contribution in [0.2, 0.25) is 0 Å². The number of sulfonamides is 1. The van der Waals surface area contributed by atoms with Crippen LogP contribution in [0.3, 0.4) is 0 Å². The van der Waals surface area contributed by atoms with E-state index < -0.39 is 16.0 Å². The van der Waals surface area contributed by atoms with Gasteiger partial charge in [-0.1, -0.05) is 35.4 Å². The summed E-state index contributed by atoms with van der Waals surface area (Å²) < 4.78 is 33.1. The monoisotopic (exact) mass is 466 g/mol. The van der Waals surface area contributed by atoms with Gasteiger partial charge in [-0.2, -0.15) is 0 Å². The average Bonchev–Trinajstić information content (AvgIpc) is 2.76. The van der Waals surface area contributed by atoms with E-state index in [4.69, 9.17) is 4.74 Å². The molecule has 3 aromatic rings. The van der Waals surface area contributed by atoms with Crippen LogP contribution < -0.4 is 14.8 Å². The molecular weight excluding hydrogens is 440 g/mol. The predicted octanol–water partition coefficient (Wildman–Crippen LogP) is 4.74. The van der Waals surface area contributed by atoms with Gasteiger partial charge in [-0.05, 0) is 68.8 Å². The lowest BCUT2D eigenvalue weighted by molar-refractivity contribution is -0.135. The highest BCUT2D eigenvalue weighted by Gasteiger charge is 2.16. The normalized spacial score (nSPS) is 11.0. The van der Waals surface area contributed by atoms with Crippen LogP contribution in [-0.4, -0.2) is 20.3 Å². The van der Waals surface area contributed by atoms with E-state index in [2.05, 4.69) is 10.0 Å². The van der Waals surface area contributed by atoms with E-state index in [1.165, 1.54) is 24.3 Å². The number of carbonyl (C=O) groups is 2. The van der Waals surface area contributed by atoms with Crippen molar-refractivity contribution in [3.05, 3.63) is 83.4 Å². The van der Waals surface area contributed by atoms with Crippen molar-refractivity contribution < 1.29 is 22.7 Å². The summed E-state index contributed by atoms with van der Waals surface area (Å²) in [5, 5.41) is 2.65. The molecule has 0 radical (unpaired) electrons.